The van der Waals surface area contributed by atoms with E-state index >= 15 is 0 Å². The summed E-state index contributed by atoms with van der Waals surface area (Å²) in [4.78, 5) is 9.94. The maximum atomic E-state index is 13.6. The van der Waals surface area contributed by atoms with Gasteiger partial charge in [-0.3, -0.25) is 15.2 Å². The molecule has 1 aromatic heterocycles. The van der Waals surface area contributed by atoms with Gasteiger partial charge >= 0.3 is 0 Å². The van der Waals surface area contributed by atoms with Crippen molar-refractivity contribution in [3.05, 3.63) is 45.6 Å². The molecule has 0 aliphatic carbocycles. The highest BCUT2D eigenvalue weighted by atomic mass is 19.2. The number of aromatic amines is 1. The molecule has 0 atom stereocenters. The lowest BCUT2D eigenvalue weighted by atomic mass is 10.2. The maximum absolute atomic E-state index is 13.6. The van der Waals surface area contributed by atoms with Crippen LogP contribution in [-0.4, -0.2) is 15.1 Å². The van der Waals surface area contributed by atoms with Crippen LogP contribution in [0.1, 0.15) is 5.56 Å². The molecule has 4 N–H and O–H groups in total. The lowest BCUT2D eigenvalue weighted by molar-refractivity contribution is -0.384. The molecule has 0 saturated carbocycles. The van der Waals surface area contributed by atoms with Gasteiger partial charge in [-0.15, -0.1) is 0 Å². The molecule has 2 aromatic rings. The number of nitrogen functional groups attached to an aromatic ring is 1. The minimum Gasteiger partial charge on any atom is -0.384 e. The van der Waals surface area contributed by atoms with Crippen LogP contribution in [0, 0.1) is 21.7 Å². The molecule has 0 radical (unpaired) electrons. The Bertz CT molecular complexity index is 628. The SMILES string of the molecule is Nc1[nH]ncc1CNc1c([N+](=O)[O-])ccc(F)c1F. The molecule has 0 fully saturated rings. The molecular weight excluding hydrogens is 260 g/mol. The summed E-state index contributed by atoms with van der Waals surface area (Å²) >= 11 is 0. The van der Waals surface area contributed by atoms with Crippen molar-refractivity contribution in [2.24, 2.45) is 0 Å². The monoisotopic (exact) mass is 269 g/mol. The highest BCUT2D eigenvalue weighted by Gasteiger charge is 2.21. The second-order valence-electron chi connectivity index (χ2n) is 3.68. The summed E-state index contributed by atoms with van der Waals surface area (Å²) in [5, 5.41) is 19.3. The first-order valence-corrected chi connectivity index (χ1v) is 5.14. The van der Waals surface area contributed by atoms with Gasteiger partial charge in [0.2, 0.25) is 0 Å². The summed E-state index contributed by atoms with van der Waals surface area (Å²) in [6, 6.07) is 1.59. The Balaban J connectivity index is 2.31. The first kappa shape index (κ1) is 12.7. The zero-order valence-corrected chi connectivity index (χ0v) is 9.48. The van der Waals surface area contributed by atoms with Crippen LogP contribution in [-0.2, 0) is 6.54 Å². The van der Waals surface area contributed by atoms with Gasteiger partial charge in [-0.1, -0.05) is 0 Å². The zero-order valence-electron chi connectivity index (χ0n) is 9.48. The number of rotatable bonds is 4. The second-order valence-corrected chi connectivity index (χ2v) is 3.68. The number of nitro benzene ring substituents is 1. The van der Waals surface area contributed by atoms with Crippen molar-refractivity contribution in [2.45, 2.75) is 6.54 Å². The Kier molecular flexibility index (Phi) is 3.27. The molecule has 1 aromatic carbocycles. The average molecular weight is 269 g/mol. The summed E-state index contributed by atoms with van der Waals surface area (Å²) in [6.45, 7) is -0.0243. The number of benzene rings is 1. The van der Waals surface area contributed by atoms with Crippen LogP contribution in [0.2, 0.25) is 0 Å². The summed E-state index contributed by atoms with van der Waals surface area (Å²) in [6.07, 6.45) is 1.38. The summed E-state index contributed by atoms with van der Waals surface area (Å²) in [7, 11) is 0. The van der Waals surface area contributed by atoms with Crippen LogP contribution < -0.4 is 11.1 Å². The first-order valence-electron chi connectivity index (χ1n) is 5.14. The van der Waals surface area contributed by atoms with Crippen molar-refractivity contribution >= 4 is 17.2 Å². The van der Waals surface area contributed by atoms with Crippen LogP contribution >= 0.6 is 0 Å². The quantitative estimate of drug-likeness (QED) is 0.579. The van der Waals surface area contributed by atoms with Gasteiger partial charge in [0.05, 0.1) is 11.1 Å². The molecular formula is C10H9F2N5O2. The molecule has 9 heteroatoms. The number of halogens is 2. The average Bonchev–Trinajstić information content (AvgIpc) is 2.76. The Hall–Kier alpha value is -2.71. The van der Waals surface area contributed by atoms with Gasteiger partial charge in [0, 0.05) is 18.2 Å². The Morgan fingerprint density at radius 2 is 2.21 bits per heavy atom. The Labute approximate surface area is 105 Å². The molecule has 1 heterocycles. The zero-order chi connectivity index (χ0) is 14.0. The van der Waals surface area contributed by atoms with E-state index in [1.54, 1.807) is 0 Å². The number of nitro groups is 1. The fraction of sp³-hybridized carbons (Fsp3) is 0.100. The minimum absolute atomic E-state index is 0.0243. The van der Waals surface area contributed by atoms with Gasteiger partial charge in [-0.25, -0.2) is 8.78 Å². The number of hydrogen-bond donors (Lipinski definition) is 3. The number of nitrogens with zero attached hydrogens (tertiary/aromatic N) is 2. The number of hydrogen-bond acceptors (Lipinski definition) is 5. The lowest BCUT2D eigenvalue weighted by Crippen LogP contribution is -2.07. The van der Waals surface area contributed by atoms with Crippen molar-refractivity contribution in [1.82, 2.24) is 10.2 Å². The summed E-state index contributed by atoms with van der Waals surface area (Å²) in [5.41, 5.74) is 4.92. The predicted octanol–water partition coefficient (Wildman–Crippen LogP) is 1.79. The minimum atomic E-state index is -1.31. The highest BCUT2D eigenvalue weighted by molar-refractivity contribution is 5.63. The molecule has 0 unspecified atom stereocenters. The van der Waals surface area contributed by atoms with Crippen LogP contribution in [0.25, 0.3) is 0 Å². The van der Waals surface area contributed by atoms with Crippen molar-refractivity contribution in [1.29, 1.82) is 0 Å². The second kappa shape index (κ2) is 4.88. The van der Waals surface area contributed by atoms with E-state index in [0.717, 1.165) is 6.07 Å². The predicted molar refractivity (Wildman–Crippen MR) is 63.3 cm³/mol. The van der Waals surface area contributed by atoms with Gasteiger partial charge in [0.15, 0.2) is 17.3 Å². The van der Waals surface area contributed by atoms with Crippen LogP contribution in [0.5, 0.6) is 0 Å². The largest absolute Gasteiger partial charge is 0.384 e. The third-order valence-corrected chi connectivity index (χ3v) is 2.48. The Morgan fingerprint density at radius 3 is 2.79 bits per heavy atom. The molecule has 100 valence electrons. The van der Waals surface area contributed by atoms with Crippen LogP contribution in [0.15, 0.2) is 18.3 Å². The fourth-order valence-corrected chi connectivity index (χ4v) is 1.51. The standard InChI is InChI=1S/C10H9F2N5O2/c11-6-1-2-7(17(18)19)9(8(6)12)14-3-5-4-15-16-10(5)13/h1-2,4,14H,3H2,(H3,13,15,16). The number of aromatic nitrogens is 2. The highest BCUT2D eigenvalue weighted by Crippen LogP contribution is 2.29. The summed E-state index contributed by atoms with van der Waals surface area (Å²) < 4.78 is 26.6. The van der Waals surface area contributed by atoms with E-state index in [9.17, 15) is 18.9 Å². The number of nitrogens with two attached hydrogens (primary N) is 1. The van der Waals surface area contributed by atoms with Gasteiger partial charge in [-0.05, 0) is 6.07 Å². The van der Waals surface area contributed by atoms with Crippen molar-refractivity contribution in [2.75, 3.05) is 11.1 Å². The lowest BCUT2D eigenvalue weighted by Gasteiger charge is -2.08. The summed E-state index contributed by atoms with van der Waals surface area (Å²) in [5.74, 6) is -2.24. The molecule has 7 nitrogen and oxygen atoms in total. The van der Waals surface area contributed by atoms with Crippen molar-refractivity contribution in [3.8, 4) is 0 Å². The number of anilines is 2. The molecule has 0 aliphatic rings. The fourth-order valence-electron chi connectivity index (χ4n) is 1.51. The molecule has 2 rings (SSSR count). The molecule has 0 amide bonds. The smallest absolute Gasteiger partial charge is 0.295 e. The Morgan fingerprint density at radius 1 is 1.47 bits per heavy atom. The first-order chi connectivity index (χ1) is 9.00. The van der Waals surface area contributed by atoms with Gasteiger partial charge in [0.1, 0.15) is 5.82 Å². The van der Waals surface area contributed by atoms with E-state index in [4.69, 9.17) is 5.73 Å². The van der Waals surface area contributed by atoms with Gasteiger partial charge in [0.25, 0.3) is 5.69 Å². The number of nitrogens with one attached hydrogen (secondary N) is 2. The molecule has 0 aliphatic heterocycles. The van der Waals surface area contributed by atoms with E-state index < -0.39 is 27.9 Å². The third-order valence-electron chi connectivity index (χ3n) is 2.48. The molecule has 0 bridgehead atoms. The van der Waals surface area contributed by atoms with Crippen molar-refractivity contribution < 1.29 is 13.7 Å². The van der Waals surface area contributed by atoms with Crippen molar-refractivity contribution in [3.63, 3.8) is 0 Å². The third kappa shape index (κ3) is 2.44. The van der Waals surface area contributed by atoms with Crippen LogP contribution in [0.3, 0.4) is 0 Å². The normalized spacial score (nSPS) is 10.4. The maximum Gasteiger partial charge on any atom is 0.295 e. The molecule has 0 spiro atoms. The topological polar surface area (TPSA) is 110 Å². The van der Waals surface area contributed by atoms with E-state index in [2.05, 4.69) is 15.5 Å². The van der Waals surface area contributed by atoms with E-state index in [1.165, 1.54) is 6.20 Å². The molecule has 0 saturated heterocycles. The van der Waals surface area contributed by atoms with E-state index in [-0.39, 0.29) is 12.4 Å². The molecule has 19 heavy (non-hydrogen) atoms. The van der Waals surface area contributed by atoms with Gasteiger partial charge < -0.3 is 11.1 Å². The van der Waals surface area contributed by atoms with E-state index in [1.807, 2.05) is 0 Å². The number of H-pyrrole nitrogens is 1. The van der Waals surface area contributed by atoms with Crippen LogP contribution in [0.4, 0.5) is 26.0 Å². The van der Waals surface area contributed by atoms with E-state index in [0.29, 0.717) is 11.6 Å². The van der Waals surface area contributed by atoms with Gasteiger partial charge in [-0.2, -0.15) is 5.10 Å².